The quantitative estimate of drug-likeness (QED) is 0.0195. The number of carbonyl (C=O) groups is 2. The molecule has 0 aromatic heterocycles. The number of unbranched alkanes of at least 4 members (excludes halogenated alkanes) is 30. The van der Waals surface area contributed by atoms with Crippen molar-refractivity contribution in [1.82, 2.24) is 5.32 Å². The smallest absolute Gasteiger partial charge is 0.306 e. The number of allylic oxidation sites excluding steroid dienone is 6. The molecule has 0 aromatic rings. The molecule has 0 spiro atoms. The molecule has 0 saturated carbocycles. The van der Waals surface area contributed by atoms with Crippen LogP contribution in [0.25, 0.3) is 0 Å². The number of carbonyl (C=O) groups excluding carboxylic acids is 2. The summed E-state index contributed by atoms with van der Waals surface area (Å²) < 4.78 is 17.5. The molecule has 11 nitrogen and oxygen atoms in total. The molecule has 8 unspecified atom stereocenters. The Morgan fingerprint density at radius 1 is 0.549 bits per heavy atom. The number of nitrogens with one attached hydrogen (secondary N) is 1. The van der Waals surface area contributed by atoms with E-state index in [1.165, 1.54) is 161 Å². The van der Waals surface area contributed by atoms with Crippen LogP contribution in [0.1, 0.15) is 258 Å². The van der Waals surface area contributed by atoms with Gasteiger partial charge in [0.05, 0.1) is 25.4 Å². The lowest BCUT2D eigenvalue weighted by atomic mass is 9.99. The highest BCUT2D eigenvalue weighted by Crippen LogP contribution is 2.26. The molecule has 11 heteroatoms. The second-order valence-electron chi connectivity index (χ2n) is 20.4. The lowest BCUT2D eigenvalue weighted by Gasteiger charge is -2.41. The van der Waals surface area contributed by atoms with E-state index in [4.69, 9.17) is 14.2 Å². The normalized spacial score (nSPS) is 19.9. The van der Waals surface area contributed by atoms with Gasteiger partial charge in [0.1, 0.15) is 24.4 Å². The summed E-state index contributed by atoms with van der Waals surface area (Å²) in [5.74, 6) is -1.27. The summed E-state index contributed by atoms with van der Waals surface area (Å²) in [7, 11) is 0. The van der Waals surface area contributed by atoms with E-state index in [0.717, 1.165) is 51.4 Å². The van der Waals surface area contributed by atoms with Gasteiger partial charge in [0.15, 0.2) is 12.4 Å². The predicted molar refractivity (Wildman–Crippen MR) is 292 cm³/mol. The standard InChI is InChI=1S/C60H109NO10/c1-4-7-10-13-16-19-22-24-25-26-27-28-29-30-33-36-39-42-45-48-55(65)71-58-57(67)56(66)54(49-62)70-60(58)69-50-51(52(63)46-43-40-37-34-31-21-18-15-12-9-6-3)61-59(68)53(64)47-44-41-38-35-32-23-20-17-14-11-8-5-2/h24-25,32,35,41,43-44,46,51-54,56-58,60,62-64,66-67H,4-23,26-31,33-34,36-40,42,45,47-50H2,1-3H3,(H,61,68)/b25-24+,35-32-,44-41+,46-43+. The maximum atomic E-state index is 13.3. The van der Waals surface area contributed by atoms with Gasteiger partial charge >= 0.3 is 5.97 Å². The number of amides is 1. The Hall–Kier alpha value is -2.38. The Labute approximate surface area is 434 Å². The van der Waals surface area contributed by atoms with Gasteiger partial charge in [0.2, 0.25) is 5.91 Å². The van der Waals surface area contributed by atoms with E-state index in [2.05, 4.69) is 50.4 Å². The Morgan fingerprint density at radius 3 is 1.45 bits per heavy atom. The van der Waals surface area contributed by atoms with Crippen LogP contribution in [-0.2, 0) is 23.8 Å². The first-order chi connectivity index (χ1) is 34.7. The minimum Gasteiger partial charge on any atom is -0.454 e. The zero-order valence-corrected chi connectivity index (χ0v) is 45.6. The number of ether oxygens (including phenoxy) is 3. The molecule has 6 N–H and O–H groups in total. The third kappa shape index (κ3) is 37.1. The predicted octanol–water partition coefficient (Wildman–Crippen LogP) is 13.3. The van der Waals surface area contributed by atoms with Crippen LogP contribution in [0, 0.1) is 0 Å². The monoisotopic (exact) mass is 1000 g/mol. The summed E-state index contributed by atoms with van der Waals surface area (Å²) in [5.41, 5.74) is 0. The van der Waals surface area contributed by atoms with Gasteiger partial charge in [-0.1, -0.05) is 230 Å². The average Bonchev–Trinajstić information content (AvgIpc) is 3.37. The zero-order valence-electron chi connectivity index (χ0n) is 45.6. The van der Waals surface area contributed by atoms with Crippen LogP contribution >= 0.6 is 0 Å². The molecule has 0 bridgehead atoms. The fraction of sp³-hybridized carbons (Fsp3) is 0.833. The van der Waals surface area contributed by atoms with Crippen LogP contribution in [-0.4, -0.2) is 99.6 Å². The molecular formula is C60H109NO10. The molecule has 1 heterocycles. The van der Waals surface area contributed by atoms with Crippen LogP contribution in [0.3, 0.4) is 0 Å². The van der Waals surface area contributed by atoms with Gasteiger partial charge in [-0.15, -0.1) is 0 Å². The number of aliphatic hydroxyl groups is 5. The van der Waals surface area contributed by atoms with Gasteiger partial charge in [-0.25, -0.2) is 0 Å². The first-order valence-corrected chi connectivity index (χ1v) is 29.4. The van der Waals surface area contributed by atoms with Crippen LogP contribution < -0.4 is 5.32 Å². The topological polar surface area (TPSA) is 175 Å². The first-order valence-electron chi connectivity index (χ1n) is 29.4. The molecule has 1 saturated heterocycles. The van der Waals surface area contributed by atoms with E-state index in [-0.39, 0.29) is 19.4 Å². The second kappa shape index (κ2) is 48.6. The Kier molecular flexibility index (Phi) is 45.6. The lowest BCUT2D eigenvalue weighted by Crippen LogP contribution is -2.61. The van der Waals surface area contributed by atoms with Crippen molar-refractivity contribution in [2.45, 2.75) is 307 Å². The van der Waals surface area contributed by atoms with Crippen molar-refractivity contribution in [2.24, 2.45) is 0 Å². The second-order valence-corrected chi connectivity index (χ2v) is 20.4. The maximum Gasteiger partial charge on any atom is 0.306 e. The van der Waals surface area contributed by atoms with Crippen LogP contribution in [0.15, 0.2) is 48.6 Å². The molecule has 414 valence electrons. The van der Waals surface area contributed by atoms with Crippen molar-refractivity contribution < 1.29 is 49.3 Å². The number of esters is 1. The summed E-state index contributed by atoms with van der Waals surface area (Å²) in [6.07, 6.45) is 47.5. The maximum absolute atomic E-state index is 13.3. The van der Waals surface area contributed by atoms with E-state index >= 15 is 0 Å². The van der Waals surface area contributed by atoms with Crippen LogP contribution in [0.4, 0.5) is 0 Å². The van der Waals surface area contributed by atoms with E-state index < -0.39 is 67.4 Å². The molecule has 1 aliphatic heterocycles. The van der Waals surface area contributed by atoms with E-state index in [1.54, 1.807) is 12.2 Å². The SMILES string of the molecule is CCCCCCCC/C=C\C/C=C/CC(O)C(=O)NC(COC1OC(CO)C(O)C(O)C1OC(=O)CCCCCCCCCCC/C=C/CCCCCCCC)C(O)/C=C/CCCCCCCCCCC. The van der Waals surface area contributed by atoms with Gasteiger partial charge < -0.3 is 45.1 Å². The van der Waals surface area contributed by atoms with Crippen molar-refractivity contribution in [3.63, 3.8) is 0 Å². The molecule has 1 rings (SSSR count). The Balaban J connectivity index is 2.70. The minimum atomic E-state index is -1.62. The molecule has 71 heavy (non-hydrogen) atoms. The summed E-state index contributed by atoms with van der Waals surface area (Å²) in [6.45, 7) is 5.72. The van der Waals surface area contributed by atoms with Crippen molar-refractivity contribution in [2.75, 3.05) is 13.2 Å². The third-order valence-electron chi connectivity index (χ3n) is 13.7. The highest BCUT2D eigenvalue weighted by Gasteiger charge is 2.47. The summed E-state index contributed by atoms with van der Waals surface area (Å²) in [4.78, 5) is 26.4. The van der Waals surface area contributed by atoms with Crippen molar-refractivity contribution in [3.05, 3.63) is 48.6 Å². The third-order valence-corrected chi connectivity index (χ3v) is 13.7. The zero-order chi connectivity index (χ0) is 51.8. The number of hydrogen-bond acceptors (Lipinski definition) is 10. The van der Waals surface area contributed by atoms with Crippen LogP contribution in [0.2, 0.25) is 0 Å². The average molecular weight is 1000 g/mol. The number of rotatable bonds is 49. The number of hydrogen-bond donors (Lipinski definition) is 6. The van der Waals surface area contributed by atoms with E-state index in [1.807, 2.05) is 12.2 Å². The van der Waals surface area contributed by atoms with Crippen LogP contribution in [0.5, 0.6) is 0 Å². The summed E-state index contributed by atoms with van der Waals surface area (Å²) in [5, 5.41) is 56.6. The Bertz CT molecular complexity index is 1340. The Morgan fingerprint density at radius 2 is 0.972 bits per heavy atom. The molecule has 0 radical (unpaired) electrons. The van der Waals surface area contributed by atoms with Gasteiger partial charge in [-0.2, -0.15) is 0 Å². The largest absolute Gasteiger partial charge is 0.454 e. The highest BCUT2D eigenvalue weighted by molar-refractivity contribution is 5.81. The lowest BCUT2D eigenvalue weighted by molar-refractivity contribution is -0.305. The molecule has 1 fully saturated rings. The molecule has 1 aliphatic rings. The number of aliphatic hydroxyl groups excluding tert-OH is 5. The van der Waals surface area contributed by atoms with Crippen molar-refractivity contribution in [1.29, 1.82) is 0 Å². The highest BCUT2D eigenvalue weighted by atomic mass is 16.7. The fourth-order valence-electron chi connectivity index (χ4n) is 8.98. The fourth-order valence-corrected chi connectivity index (χ4v) is 8.98. The molecule has 8 atom stereocenters. The molecule has 0 aromatic carbocycles. The van der Waals surface area contributed by atoms with E-state index in [9.17, 15) is 35.1 Å². The summed E-state index contributed by atoms with van der Waals surface area (Å²) >= 11 is 0. The van der Waals surface area contributed by atoms with Gasteiger partial charge in [0.25, 0.3) is 0 Å². The van der Waals surface area contributed by atoms with Gasteiger partial charge in [0, 0.05) is 12.8 Å². The van der Waals surface area contributed by atoms with E-state index in [0.29, 0.717) is 12.8 Å². The van der Waals surface area contributed by atoms with Gasteiger partial charge in [-0.3, -0.25) is 9.59 Å². The molecular weight excluding hydrogens is 895 g/mol. The van der Waals surface area contributed by atoms with Crippen molar-refractivity contribution >= 4 is 11.9 Å². The summed E-state index contributed by atoms with van der Waals surface area (Å²) in [6, 6.07) is -1.05. The molecule has 1 amide bonds. The van der Waals surface area contributed by atoms with Crippen molar-refractivity contribution in [3.8, 4) is 0 Å². The minimum absolute atomic E-state index is 0.0823. The molecule has 0 aliphatic carbocycles. The first kappa shape index (κ1) is 66.6. The van der Waals surface area contributed by atoms with Gasteiger partial charge in [-0.05, 0) is 64.2 Å².